The molecule has 0 unspecified atom stereocenters. The fraction of sp³-hybridized carbons (Fsp3) is 0.250. The maximum Gasteiger partial charge on any atom is 0.264 e. The van der Waals surface area contributed by atoms with Crippen LogP contribution < -0.4 is 10.1 Å². The van der Waals surface area contributed by atoms with Gasteiger partial charge in [-0.1, -0.05) is 79.4 Å². The zero-order valence-corrected chi connectivity index (χ0v) is 16.8. The molecule has 3 aromatic rings. The van der Waals surface area contributed by atoms with Crippen molar-refractivity contribution in [2.24, 2.45) is 0 Å². The van der Waals surface area contributed by atoms with Crippen molar-refractivity contribution in [2.45, 2.75) is 29.9 Å². The van der Waals surface area contributed by atoms with Crippen LogP contribution in [0.3, 0.4) is 0 Å². The summed E-state index contributed by atoms with van der Waals surface area (Å²) in [4.78, 5) is 12.1. The van der Waals surface area contributed by atoms with Crippen LogP contribution in [0.1, 0.15) is 30.9 Å². The SMILES string of the molecule is CC(C)c1cccc(OCC(=O)Nc2nnc(SCc3ccccc3)s2)c1. The van der Waals surface area contributed by atoms with Gasteiger partial charge in [-0.25, -0.2) is 0 Å². The Morgan fingerprint density at radius 2 is 1.96 bits per heavy atom. The number of carbonyl (C=O) groups excluding carboxylic acids is 1. The first-order valence-electron chi connectivity index (χ1n) is 8.63. The third-order valence-electron chi connectivity index (χ3n) is 3.75. The number of carbonyl (C=O) groups is 1. The van der Waals surface area contributed by atoms with Crippen molar-refractivity contribution in [3.05, 3.63) is 65.7 Å². The maximum absolute atomic E-state index is 12.1. The minimum absolute atomic E-state index is 0.0619. The Kier molecular flexibility index (Phi) is 6.84. The van der Waals surface area contributed by atoms with E-state index in [9.17, 15) is 4.79 Å². The lowest BCUT2D eigenvalue weighted by Crippen LogP contribution is -2.20. The predicted octanol–water partition coefficient (Wildman–Crippen LogP) is 4.97. The van der Waals surface area contributed by atoms with Crippen molar-refractivity contribution in [3.63, 3.8) is 0 Å². The van der Waals surface area contributed by atoms with Crippen LogP contribution in [-0.2, 0) is 10.5 Å². The van der Waals surface area contributed by atoms with Gasteiger partial charge in [0.15, 0.2) is 10.9 Å². The number of ether oxygens (including phenoxy) is 1. The number of anilines is 1. The molecule has 0 aliphatic heterocycles. The summed E-state index contributed by atoms with van der Waals surface area (Å²) < 4.78 is 6.40. The average molecular weight is 400 g/mol. The summed E-state index contributed by atoms with van der Waals surface area (Å²) in [5, 5.41) is 11.3. The van der Waals surface area contributed by atoms with Gasteiger partial charge in [0.25, 0.3) is 5.91 Å². The number of hydrogen-bond acceptors (Lipinski definition) is 6. The minimum Gasteiger partial charge on any atom is -0.484 e. The van der Waals surface area contributed by atoms with E-state index < -0.39 is 0 Å². The minimum atomic E-state index is -0.249. The van der Waals surface area contributed by atoms with E-state index in [0.29, 0.717) is 16.8 Å². The van der Waals surface area contributed by atoms with Crippen LogP contribution in [0.4, 0.5) is 5.13 Å². The van der Waals surface area contributed by atoms with Crippen LogP contribution in [0.5, 0.6) is 5.75 Å². The summed E-state index contributed by atoms with van der Waals surface area (Å²) >= 11 is 2.96. The molecule has 140 valence electrons. The second kappa shape index (κ2) is 9.53. The van der Waals surface area contributed by atoms with E-state index in [2.05, 4.69) is 41.5 Å². The monoisotopic (exact) mass is 399 g/mol. The van der Waals surface area contributed by atoms with Crippen LogP contribution >= 0.6 is 23.1 Å². The highest BCUT2D eigenvalue weighted by molar-refractivity contribution is 8.00. The van der Waals surface area contributed by atoms with E-state index in [1.165, 1.54) is 22.5 Å². The first-order valence-corrected chi connectivity index (χ1v) is 10.4. The Bertz CT molecular complexity index is 882. The summed E-state index contributed by atoms with van der Waals surface area (Å²) in [6.45, 7) is 4.18. The van der Waals surface area contributed by atoms with Gasteiger partial charge in [-0.15, -0.1) is 10.2 Å². The maximum atomic E-state index is 12.1. The molecule has 0 spiro atoms. The van der Waals surface area contributed by atoms with Crippen LogP contribution in [0.15, 0.2) is 58.9 Å². The molecule has 1 heterocycles. The highest BCUT2D eigenvalue weighted by Gasteiger charge is 2.10. The summed E-state index contributed by atoms with van der Waals surface area (Å²) in [6, 6.07) is 18.0. The summed E-state index contributed by atoms with van der Waals surface area (Å²) in [5.41, 5.74) is 2.40. The van der Waals surface area contributed by atoms with E-state index in [1.807, 2.05) is 42.5 Å². The molecule has 1 N–H and O–H groups in total. The molecule has 0 aliphatic rings. The van der Waals surface area contributed by atoms with E-state index >= 15 is 0 Å². The van der Waals surface area contributed by atoms with Gasteiger partial charge in [-0.3, -0.25) is 10.1 Å². The Hall–Kier alpha value is -2.38. The Morgan fingerprint density at radius 1 is 1.15 bits per heavy atom. The highest BCUT2D eigenvalue weighted by Crippen LogP contribution is 2.28. The fourth-order valence-electron chi connectivity index (χ4n) is 2.31. The lowest BCUT2D eigenvalue weighted by atomic mass is 10.0. The van der Waals surface area contributed by atoms with Crippen LogP contribution in [0.25, 0.3) is 0 Å². The van der Waals surface area contributed by atoms with Gasteiger partial charge in [0, 0.05) is 5.75 Å². The van der Waals surface area contributed by atoms with E-state index in [1.54, 1.807) is 11.8 Å². The number of thioether (sulfide) groups is 1. The van der Waals surface area contributed by atoms with Gasteiger partial charge in [0.05, 0.1) is 0 Å². The van der Waals surface area contributed by atoms with Crippen molar-refractivity contribution in [2.75, 3.05) is 11.9 Å². The number of aromatic nitrogens is 2. The molecule has 0 radical (unpaired) electrons. The second-order valence-electron chi connectivity index (χ2n) is 6.21. The highest BCUT2D eigenvalue weighted by atomic mass is 32.2. The van der Waals surface area contributed by atoms with Gasteiger partial charge in [-0.2, -0.15) is 0 Å². The van der Waals surface area contributed by atoms with Crippen molar-refractivity contribution in [1.82, 2.24) is 10.2 Å². The standard InChI is InChI=1S/C20H21N3O2S2/c1-14(2)16-9-6-10-17(11-16)25-12-18(24)21-19-22-23-20(27-19)26-13-15-7-4-3-5-8-15/h3-11,14H,12-13H2,1-2H3,(H,21,22,24). The first-order chi connectivity index (χ1) is 13.1. The van der Waals surface area contributed by atoms with Gasteiger partial charge in [-0.05, 0) is 29.2 Å². The number of hydrogen-bond donors (Lipinski definition) is 1. The van der Waals surface area contributed by atoms with E-state index in [4.69, 9.17) is 4.74 Å². The number of nitrogens with zero attached hydrogens (tertiary/aromatic N) is 2. The molecule has 27 heavy (non-hydrogen) atoms. The summed E-state index contributed by atoms with van der Waals surface area (Å²) in [6.07, 6.45) is 0. The van der Waals surface area contributed by atoms with Crippen LogP contribution in [0.2, 0.25) is 0 Å². The molecule has 0 bridgehead atoms. The van der Waals surface area contributed by atoms with Crippen LogP contribution in [0, 0.1) is 0 Å². The van der Waals surface area contributed by atoms with Gasteiger partial charge in [0.1, 0.15) is 5.75 Å². The second-order valence-corrected chi connectivity index (χ2v) is 8.41. The molecule has 5 nitrogen and oxygen atoms in total. The molecule has 0 aliphatic carbocycles. The zero-order chi connectivity index (χ0) is 19.1. The molecule has 1 aromatic heterocycles. The molecule has 2 aromatic carbocycles. The number of benzene rings is 2. The van der Waals surface area contributed by atoms with Crippen LogP contribution in [-0.4, -0.2) is 22.7 Å². The molecule has 0 saturated carbocycles. The van der Waals surface area contributed by atoms with Gasteiger partial charge in [0.2, 0.25) is 5.13 Å². The molecule has 0 atom stereocenters. The third kappa shape index (κ3) is 6.08. The van der Waals surface area contributed by atoms with Crippen molar-refractivity contribution in [3.8, 4) is 5.75 Å². The van der Waals surface area contributed by atoms with E-state index in [-0.39, 0.29) is 12.5 Å². The number of rotatable bonds is 8. The normalized spacial score (nSPS) is 10.8. The first kappa shape index (κ1) is 19.4. The number of nitrogens with one attached hydrogen (secondary N) is 1. The lowest BCUT2D eigenvalue weighted by Gasteiger charge is -2.09. The third-order valence-corrected chi connectivity index (χ3v) is 5.80. The fourth-order valence-corrected chi connectivity index (χ4v) is 4.03. The molecular formula is C20H21N3O2S2. The molecule has 0 fully saturated rings. The average Bonchev–Trinajstić information content (AvgIpc) is 3.13. The summed E-state index contributed by atoms with van der Waals surface area (Å²) in [7, 11) is 0. The number of amides is 1. The largest absolute Gasteiger partial charge is 0.484 e. The molecular weight excluding hydrogens is 378 g/mol. The van der Waals surface area contributed by atoms with Gasteiger partial charge < -0.3 is 4.74 Å². The Labute approximate surface area is 167 Å². The topological polar surface area (TPSA) is 64.1 Å². The Balaban J connectivity index is 1.47. The van der Waals surface area contributed by atoms with Gasteiger partial charge >= 0.3 is 0 Å². The molecule has 3 rings (SSSR count). The molecule has 1 amide bonds. The lowest BCUT2D eigenvalue weighted by molar-refractivity contribution is -0.118. The Morgan fingerprint density at radius 3 is 2.74 bits per heavy atom. The molecule has 7 heteroatoms. The van der Waals surface area contributed by atoms with E-state index in [0.717, 1.165) is 10.1 Å². The smallest absolute Gasteiger partial charge is 0.264 e. The van der Waals surface area contributed by atoms with Crippen molar-refractivity contribution in [1.29, 1.82) is 0 Å². The molecule has 0 saturated heterocycles. The summed E-state index contributed by atoms with van der Waals surface area (Å²) in [5.74, 6) is 1.67. The predicted molar refractivity (Wildman–Crippen MR) is 111 cm³/mol. The van der Waals surface area contributed by atoms with Crippen molar-refractivity contribution < 1.29 is 9.53 Å². The quantitative estimate of drug-likeness (QED) is 0.428. The van der Waals surface area contributed by atoms with Crippen molar-refractivity contribution >= 4 is 34.1 Å². The zero-order valence-electron chi connectivity index (χ0n) is 15.2.